The molecule has 0 saturated carbocycles. The van der Waals surface area contributed by atoms with Gasteiger partial charge in [0, 0.05) is 61.6 Å². The van der Waals surface area contributed by atoms with E-state index in [1.807, 2.05) is 36.5 Å². The molecule has 0 bridgehead atoms. The van der Waals surface area contributed by atoms with E-state index in [1.165, 1.54) is 13.3 Å². The van der Waals surface area contributed by atoms with Crippen LogP contribution in [0.5, 0.6) is 11.8 Å². The SMILES string of the molecule is COc1ccc(Cl)c(OC[C@H]2C[C@@H](c3cccnc3)CN2c2cc3c(cc2Cl)c(=O)c(C(=O)O)cn3-c2ccc(N3CC(N(C)C)C3)nc2)n1. The molecule has 258 valence electrons. The van der Waals surface area contributed by atoms with Crippen LogP contribution >= 0.6 is 23.2 Å². The number of ether oxygens (including phenoxy) is 2. The van der Waals surface area contributed by atoms with Gasteiger partial charge in [0.25, 0.3) is 0 Å². The number of benzene rings is 1. The van der Waals surface area contributed by atoms with Gasteiger partial charge in [-0.3, -0.25) is 9.78 Å². The summed E-state index contributed by atoms with van der Waals surface area (Å²) < 4.78 is 13.1. The highest BCUT2D eigenvalue weighted by Gasteiger charge is 2.36. The van der Waals surface area contributed by atoms with Crippen molar-refractivity contribution >= 4 is 51.6 Å². The second-order valence-corrected chi connectivity index (χ2v) is 13.6. The molecule has 4 aromatic heterocycles. The van der Waals surface area contributed by atoms with Gasteiger partial charge < -0.3 is 33.8 Å². The van der Waals surface area contributed by atoms with Crippen LogP contribution in [-0.4, -0.2) is 95.0 Å². The fourth-order valence-corrected chi connectivity index (χ4v) is 7.05. The van der Waals surface area contributed by atoms with E-state index < -0.39 is 11.4 Å². The van der Waals surface area contributed by atoms with Gasteiger partial charge in [0.05, 0.1) is 41.3 Å². The van der Waals surface area contributed by atoms with Gasteiger partial charge in [0.2, 0.25) is 17.2 Å². The largest absolute Gasteiger partial charge is 0.481 e. The van der Waals surface area contributed by atoms with Crippen LogP contribution in [0.25, 0.3) is 16.6 Å². The Morgan fingerprint density at radius 1 is 1.06 bits per heavy atom. The zero-order chi connectivity index (χ0) is 35.1. The number of carboxylic acids is 1. The number of aromatic carboxylic acids is 1. The van der Waals surface area contributed by atoms with E-state index in [1.54, 1.807) is 35.2 Å². The van der Waals surface area contributed by atoms with Gasteiger partial charge in [-0.1, -0.05) is 29.3 Å². The zero-order valence-corrected chi connectivity index (χ0v) is 29.2. The highest BCUT2D eigenvalue weighted by atomic mass is 35.5. The number of hydrogen-bond donors (Lipinski definition) is 1. The number of carbonyl (C=O) groups is 1. The summed E-state index contributed by atoms with van der Waals surface area (Å²) in [6.07, 6.45) is 7.36. The highest BCUT2D eigenvalue weighted by molar-refractivity contribution is 6.34. The summed E-state index contributed by atoms with van der Waals surface area (Å²) in [4.78, 5) is 45.7. The van der Waals surface area contributed by atoms with Gasteiger partial charge in [-0.05, 0) is 62.5 Å². The van der Waals surface area contributed by atoms with Crippen LogP contribution in [0.2, 0.25) is 10.0 Å². The fraction of sp³-hybridized carbons (Fsp3) is 0.306. The topological polar surface area (TPSA) is 126 Å². The number of methoxy groups -OCH3 is 1. The van der Waals surface area contributed by atoms with Crippen molar-refractivity contribution < 1.29 is 19.4 Å². The van der Waals surface area contributed by atoms with Crippen LogP contribution in [0, 0.1) is 0 Å². The van der Waals surface area contributed by atoms with Crippen molar-refractivity contribution in [2.45, 2.75) is 24.4 Å². The van der Waals surface area contributed by atoms with E-state index in [9.17, 15) is 14.7 Å². The number of rotatable bonds is 10. The average molecular weight is 717 g/mol. The molecule has 2 saturated heterocycles. The second kappa shape index (κ2) is 13.8. The van der Waals surface area contributed by atoms with Crippen molar-refractivity contribution in [3.05, 3.63) is 105 Å². The summed E-state index contributed by atoms with van der Waals surface area (Å²) in [6, 6.07) is 14.7. The summed E-state index contributed by atoms with van der Waals surface area (Å²) >= 11 is 13.4. The van der Waals surface area contributed by atoms with Crippen molar-refractivity contribution in [3.8, 4) is 17.4 Å². The second-order valence-electron chi connectivity index (χ2n) is 12.7. The van der Waals surface area contributed by atoms with E-state index in [2.05, 4.69) is 38.8 Å². The summed E-state index contributed by atoms with van der Waals surface area (Å²) in [6.45, 7) is 2.55. The quantitative estimate of drug-likeness (QED) is 0.200. The third kappa shape index (κ3) is 6.41. The first-order valence-corrected chi connectivity index (χ1v) is 16.9. The summed E-state index contributed by atoms with van der Waals surface area (Å²) in [5.74, 6) is 0.224. The van der Waals surface area contributed by atoms with Crippen LogP contribution in [-0.2, 0) is 0 Å². The molecule has 0 unspecified atom stereocenters. The molecule has 12 nitrogen and oxygen atoms in total. The highest BCUT2D eigenvalue weighted by Crippen LogP contribution is 2.40. The van der Waals surface area contributed by atoms with Crippen molar-refractivity contribution in [2.24, 2.45) is 0 Å². The molecule has 0 spiro atoms. The first-order chi connectivity index (χ1) is 24.1. The normalized spacial score (nSPS) is 17.7. The molecule has 0 amide bonds. The van der Waals surface area contributed by atoms with Crippen LogP contribution in [0.1, 0.15) is 28.3 Å². The summed E-state index contributed by atoms with van der Waals surface area (Å²) in [5.41, 5.74) is 1.85. The lowest BCUT2D eigenvalue weighted by Gasteiger charge is -2.43. The number of pyridine rings is 4. The molecule has 1 aromatic carbocycles. The van der Waals surface area contributed by atoms with Gasteiger partial charge in [-0.25, -0.2) is 9.78 Å². The Morgan fingerprint density at radius 2 is 1.88 bits per heavy atom. The lowest BCUT2D eigenvalue weighted by Crippen LogP contribution is -2.57. The third-order valence-electron chi connectivity index (χ3n) is 9.52. The minimum Gasteiger partial charge on any atom is -0.481 e. The Hall–Kier alpha value is -4.91. The standard InChI is InChI=1S/C36H35Cl2N7O5/c1-42(2)25-17-43(18-25)32-8-6-23(15-40-32)45-19-27(36(47)48)34(46)26-12-29(38)31(13-30(26)45)44-16-22(21-5-4-10-39-14-21)11-24(44)20-50-35-28(37)7-9-33(41-35)49-3/h4-10,12-15,19,22,24-25H,11,16-18,20H2,1-3H3,(H,47,48)/t22-,24-/m1/s1. The first-order valence-electron chi connectivity index (χ1n) is 16.1. The Bertz CT molecular complexity index is 2110. The molecule has 2 atom stereocenters. The molecule has 1 N–H and O–H groups in total. The van der Waals surface area contributed by atoms with E-state index in [-0.39, 0.29) is 35.4 Å². The third-order valence-corrected chi connectivity index (χ3v) is 10.1. The molecule has 5 aromatic rings. The monoisotopic (exact) mass is 715 g/mol. The number of anilines is 2. The molecule has 2 fully saturated rings. The van der Waals surface area contributed by atoms with E-state index >= 15 is 0 Å². The van der Waals surface area contributed by atoms with Crippen molar-refractivity contribution in [2.75, 3.05) is 57.2 Å². The molecular formula is C36H35Cl2N7O5. The van der Waals surface area contributed by atoms with Gasteiger partial charge in [-0.2, -0.15) is 4.98 Å². The molecule has 6 heterocycles. The summed E-state index contributed by atoms with van der Waals surface area (Å²) in [7, 11) is 5.64. The molecule has 2 aliphatic rings. The summed E-state index contributed by atoms with van der Waals surface area (Å²) in [5, 5.41) is 10.8. The average Bonchev–Trinajstić information content (AvgIpc) is 3.52. The lowest BCUT2D eigenvalue weighted by atomic mass is 9.98. The van der Waals surface area contributed by atoms with Crippen molar-refractivity contribution in [3.63, 3.8) is 0 Å². The molecule has 0 aliphatic carbocycles. The number of hydrogen-bond acceptors (Lipinski definition) is 10. The number of halogens is 2. The predicted octanol–water partition coefficient (Wildman–Crippen LogP) is 5.38. The smallest absolute Gasteiger partial charge is 0.341 e. The molecule has 7 rings (SSSR count). The molecule has 2 aliphatic heterocycles. The van der Waals surface area contributed by atoms with E-state index in [0.717, 1.165) is 24.5 Å². The maximum Gasteiger partial charge on any atom is 0.341 e. The molecular weight excluding hydrogens is 681 g/mol. The number of likely N-dealkylation sites (N-methyl/N-ethyl adjacent to an activating group) is 1. The Kier molecular flexibility index (Phi) is 9.25. The van der Waals surface area contributed by atoms with Gasteiger partial charge >= 0.3 is 5.97 Å². The van der Waals surface area contributed by atoms with Gasteiger partial charge in [-0.15, -0.1) is 0 Å². The van der Waals surface area contributed by atoms with Crippen LogP contribution in [0.3, 0.4) is 0 Å². The molecule has 0 radical (unpaired) electrons. The van der Waals surface area contributed by atoms with Gasteiger partial charge in [0.1, 0.15) is 23.0 Å². The first kappa shape index (κ1) is 33.6. The predicted molar refractivity (Wildman–Crippen MR) is 193 cm³/mol. The van der Waals surface area contributed by atoms with Crippen molar-refractivity contribution in [1.82, 2.24) is 24.4 Å². The lowest BCUT2D eigenvalue weighted by molar-refractivity contribution is 0.0695. The Morgan fingerprint density at radius 3 is 2.56 bits per heavy atom. The maximum absolute atomic E-state index is 13.5. The number of fused-ring (bicyclic) bond motifs is 1. The van der Waals surface area contributed by atoms with Crippen LogP contribution in [0.15, 0.2) is 78.1 Å². The van der Waals surface area contributed by atoms with E-state index in [0.29, 0.717) is 51.8 Å². The number of nitrogens with zero attached hydrogens (tertiary/aromatic N) is 7. The maximum atomic E-state index is 13.5. The number of aromatic nitrogens is 4. The van der Waals surface area contributed by atoms with E-state index in [4.69, 9.17) is 37.7 Å². The zero-order valence-electron chi connectivity index (χ0n) is 27.7. The van der Waals surface area contributed by atoms with Gasteiger partial charge in [0.15, 0.2) is 0 Å². The number of carboxylic acid groups (broad SMARTS) is 1. The Balaban J connectivity index is 1.28. The molecule has 14 heteroatoms. The Labute approximate surface area is 298 Å². The minimum atomic E-state index is -1.33. The van der Waals surface area contributed by atoms with Crippen molar-refractivity contribution in [1.29, 1.82) is 0 Å². The molecule has 50 heavy (non-hydrogen) atoms. The minimum absolute atomic E-state index is 0.0970. The fourth-order valence-electron chi connectivity index (χ4n) is 6.62. The van der Waals surface area contributed by atoms with Crippen LogP contribution < -0.4 is 24.7 Å². The van der Waals surface area contributed by atoms with Crippen LogP contribution in [0.4, 0.5) is 11.5 Å².